The highest BCUT2D eigenvalue weighted by molar-refractivity contribution is 6.11. The molecule has 0 unspecified atom stereocenters. The van der Waals surface area contributed by atoms with Gasteiger partial charge in [-0.2, -0.15) is 0 Å². The van der Waals surface area contributed by atoms with E-state index >= 15 is 0 Å². The molecule has 378 valence electrons. The van der Waals surface area contributed by atoms with E-state index in [1.165, 1.54) is 89.0 Å². The van der Waals surface area contributed by atoms with Crippen LogP contribution in [0.2, 0.25) is 0 Å². The fourth-order valence-corrected chi connectivity index (χ4v) is 14.6. The second kappa shape index (κ2) is 16.2. The molecule has 2 heterocycles. The maximum Gasteiger partial charge on any atom is 0.143 e. The summed E-state index contributed by atoms with van der Waals surface area (Å²) in [6.45, 7) is 13.9. The maximum absolute atomic E-state index is 7.11. The Hall–Kier alpha value is -9.18. The first-order valence-corrected chi connectivity index (χ1v) is 27.9. The third kappa shape index (κ3) is 6.13. The Bertz CT molecular complexity index is 4450. The van der Waals surface area contributed by atoms with Gasteiger partial charge in [0.25, 0.3) is 0 Å². The van der Waals surface area contributed by atoms with E-state index in [1.807, 2.05) is 0 Å². The monoisotopic (exact) mass is 1020 g/mol. The van der Waals surface area contributed by atoms with E-state index in [-0.39, 0.29) is 10.8 Å². The lowest BCUT2D eigenvalue weighted by atomic mass is 9.64. The van der Waals surface area contributed by atoms with Gasteiger partial charge in [0.2, 0.25) is 0 Å². The van der Waals surface area contributed by atoms with Crippen LogP contribution in [-0.2, 0) is 21.7 Å². The Labute approximate surface area is 462 Å². The molecule has 11 aromatic carbocycles. The van der Waals surface area contributed by atoms with Gasteiger partial charge < -0.3 is 14.1 Å². The van der Waals surface area contributed by atoms with Crippen molar-refractivity contribution in [2.75, 3.05) is 4.90 Å². The first kappa shape index (κ1) is 46.0. The van der Waals surface area contributed by atoms with E-state index in [0.29, 0.717) is 0 Å². The van der Waals surface area contributed by atoms with Crippen LogP contribution in [0.5, 0.6) is 11.5 Å². The Morgan fingerprint density at radius 1 is 0.329 bits per heavy atom. The van der Waals surface area contributed by atoms with Gasteiger partial charge >= 0.3 is 0 Å². The summed E-state index contributed by atoms with van der Waals surface area (Å²) in [4.78, 5) is 2.58. The summed E-state index contributed by atoms with van der Waals surface area (Å²) in [5.74, 6) is 1.78. The normalized spacial score (nSPS) is 14.5. The maximum atomic E-state index is 7.11. The van der Waals surface area contributed by atoms with Gasteiger partial charge in [-0.15, -0.1) is 0 Å². The number of fused-ring (bicyclic) bond motifs is 22. The Morgan fingerprint density at radius 2 is 0.785 bits per heavy atom. The zero-order valence-electron chi connectivity index (χ0n) is 45.3. The summed E-state index contributed by atoms with van der Waals surface area (Å²) in [6, 6.07) is 88.8. The molecule has 3 heteroatoms. The van der Waals surface area contributed by atoms with Crippen molar-refractivity contribution >= 4 is 39.0 Å². The van der Waals surface area contributed by atoms with Crippen LogP contribution in [0.3, 0.4) is 0 Å². The fourth-order valence-electron chi connectivity index (χ4n) is 14.6. The van der Waals surface area contributed by atoms with Crippen molar-refractivity contribution in [3.8, 4) is 56.0 Å². The summed E-state index contributed by atoms with van der Waals surface area (Å²) in [7, 11) is 0. The molecule has 1 aromatic heterocycles. The SMILES string of the molecule is CC(C)(C)c1ccc2c(c1)C1(c3cc(C(C)(C)C)ccc3O2)c2ccccc2-c2c(N(c3ccc4c(c3)C3(c5ccccc5-c5ccccc53)c3ccccc3-4)c3ccccc3-c3cccc4c3oc3ccccc34)cccc21. The molecule has 0 amide bonds. The molecule has 12 aromatic rings. The lowest BCUT2D eigenvalue weighted by Crippen LogP contribution is -2.33. The van der Waals surface area contributed by atoms with Gasteiger partial charge in [-0.25, -0.2) is 0 Å². The lowest BCUT2D eigenvalue weighted by molar-refractivity contribution is 0.433. The van der Waals surface area contributed by atoms with E-state index in [9.17, 15) is 0 Å². The molecule has 16 rings (SSSR count). The molecule has 0 saturated heterocycles. The van der Waals surface area contributed by atoms with Crippen molar-refractivity contribution in [2.45, 2.75) is 63.2 Å². The van der Waals surface area contributed by atoms with Crippen molar-refractivity contribution in [3.05, 3.63) is 292 Å². The minimum absolute atomic E-state index is 0.110. The van der Waals surface area contributed by atoms with Gasteiger partial charge in [-0.3, -0.25) is 0 Å². The van der Waals surface area contributed by atoms with Gasteiger partial charge in [0, 0.05) is 44.3 Å². The van der Waals surface area contributed by atoms with E-state index in [2.05, 4.69) is 283 Å². The molecular weight excluding hydrogens is 959 g/mol. The minimum Gasteiger partial charge on any atom is -0.457 e. The second-order valence-electron chi connectivity index (χ2n) is 24.3. The lowest BCUT2D eigenvalue weighted by Gasteiger charge is -2.41. The highest BCUT2D eigenvalue weighted by atomic mass is 16.5. The molecule has 3 aliphatic carbocycles. The van der Waals surface area contributed by atoms with Crippen molar-refractivity contribution in [3.63, 3.8) is 0 Å². The highest BCUT2D eigenvalue weighted by Gasteiger charge is 2.54. The van der Waals surface area contributed by atoms with Crippen LogP contribution in [0, 0.1) is 0 Å². The third-order valence-electron chi connectivity index (χ3n) is 18.1. The number of rotatable bonds is 4. The van der Waals surface area contributed by atoms with Crippen molar-refractivity contribution < 1.29 is 9.15 Å². The van der Waals surface area contributed by atoms with E-state index in [0.717, 1.165) is 61.6 Å². The van der Waals surface area contributed by atoms with Gasteiger partial charge in [0.1, 0.15) is 22.7 Å². The van der Waals surface area contributed by atoms with E-state index < -0.39 is 10.8 Å². The van der Waals surface area contributed by atoms with E-state index in [4.69, 9.17) is 9.15 Å². The Kier molecular flexibility index (Phi) is 9.42. The van der Waals surface area contributed by atoms with Crippen LogP contribution in [0.15, 0.2) is 241 Å². The van der Waals surface area contributed by atoms with Crippen LogP contribution >= 0.6 is 0 Å². The molecule has 0 saturated carbocycles. The van der Waals surface area contributed by atoms with Crippen LogP contribution in [0.4, 0.5) is 17.1 Å². The number of para-hydroxylation sites is 3. The number of benzene rings is 11. The van der Waals surface area contributed by atoms with Gasteiger partial charge in [-0.05, 0) is 138 Å². The predicted octanol–water partition coefficient (Wildman–Crippen LogP) is 20.1. The molecule has 0 fully saturated rings. The molecule has 4 aliphatic rings. The molecule has 79 heavy (non-hydrogen) atoms. The summed E-state index contributed by atoms with van der Waals surface area (Å²) in [6.07, 6.45) is 0. The van der Waals surface area contributed by atoms with Crippen LogP contribution in [0.25, 0.3) is 66.4 Å². The van der Waals surface area contributed by atoms with Crippen molar-refractivity contribution in [1.29, 1.82) is 0 Å². The number of ether oxygens (including phenoxy) is 1. The average molecular weight is 1020 g/mol. The molecule has 3 nitrogen and oxygen atoms in total. The van der Waals surface area contributed by atoms with Gasteiger partial charge in [0.05, 0.1) is 22.2 Å². The summed E-state index contributed by atoms with van der Waals surface area (Å²) in [5, 5.41) is 2.21. The van der Waals surface area contributed by atoms with Crippen LogP contribution in [-0.4, -0.2) is 0 Å². The zero-order chi connectivity index (χ0) is 53.2. The van der Waals surface area contributed by atoms with Gasteiger partial charge in [0.15, 0.2) is 0 Å². The first-order valence-electron chi connectivity index (χ1n) is 27.9. The second-order valence-corrected chi connectivity index (χ2v) is 24.3. The summed E-state index contributed by atoms with van der Waals surface area (Å²) >= 11 is 0. The Morgan fingerprint density at radius 3 is 1.41 bits per heavy atom. The van der Waals surface area contributed by atoms with Crippen molar-refractivity contribution in [1.82, 2.24) is 0 Å². The standard InChI is InChI=1S/C76H57NO2/c1-73(2,3)46-37-41-69-64(43-46)76(65-44-47(74(4,5)6)38-42-70(65)78-69)61-32-16-10-26-57(61)71-62(76)33-20-35-67(71)77(66-34-17-11-24-53(66)55-27-19-28-56-54-25-12-18-36-68(54)79-72(55)56)48-39-40-52-51-23-9-15-31-60(51)75(63(52)45-48)58-29-13-7-21-49(58)50-22-8-14-30-59(50)75/h7-45H,1-6H3. The molecule has 0 atom stereocenters. The summed E-state index contributed by atoms with van der Waals surface area (Å²) in [5.41, 5.74) is 25.7. The third-order valence-corrected chi connectivity index (χ3v) is 18.1. The topological polar surface area (TPSA) is 25.6 Å². The quantitative estimate of drug-likeness (QED) is 0.176. The van der Waals surface area contributed by atoms with Crippen LogP contribution < -0.4 is 9.64 Å². The largest absolute Gasteiger partial charge is 0.457 e. The predicted molar refractivity (Wildman–Crippen MR) is 325 cm³/mol. The van der Waals surface area contributed by atoms with E-state index in [1.54, 1.807) is 0 Å². The molecule has 0 bridgehead atoms. The number of hydrogen-bond donors (Lipinski definition) is 0. The summed E-state index contributed by atoms with van der Waals surface area (Å²) < 4.78 is 14.0. The van der Waals surface area contributed by atoms with Gasteiger partial charge in [-0.1, -0.05) is 224 Å². The highest BCUT2D eigenvalue weighted by Crippen LogP contribution is 2.67. The van der Waals surface area contributed by atoms with Crippen LogP contribution in [0.1, 0.15) is 97.2 Å². The molecule has 0 radical (unpaired) electrons. The smallest absolute Gasteiger partial charge is 0.143 e. The molecule has 1 aliphatic heterocycles. The zero-order valence-corrected chi connectivity index (χ0v) is 45.3. The molecular formula is C76H57NO2. The average Bonchev–Trinajstić information content (AvgIpc) is 3.38. The number of hydrogen-bond acceptors (Lipinski definition) is 3. The number of anilines is 3. The minimum atomic E-state index is -0.723. The molecule has 0 N–H and O–H groups in total. The number of furan rings is 1. The fraction of sp³-hybridized carbons (Fsp3) is 0.132. The number of nitrogens with zero attached hydrogens (tertiary/aromatic N) is 1. The Balaban J connectivity index is 1.03. The van der Waals surface area contributed by atoms with Crippen molar-refractivity contribution in [2.24, 2.45) is 0 Å². The molecule has 2 spiro atoms. The first-order chi connectivity index (χ1) is 38.5.